The van der Waals surface area contributed by atoms with Gasteiger partial charge >= 0.3 is 0 Å². The number of halogens is 1. The van der Waals surface area contributed by atoms with Gasteiger partial charge in [-0.05, 0) is 50.5 Å². The highest BCUT2D eigenvalue weighted by atomic mass is 19.1. The second-order valence-corrected chi connectivity index (χ2v) is 8.78. The van der Waals surface area contributed by atoms with Crippen molar-refractivity contribution < 1.29 is 9.13 Å². The predicted molar refractivity (Wildman–Crippen MR) is 151 cm³/mol. The first-order chi connectivity index (χ1) is 18.0. The Hall–Kier alpha value is -3.94. The molecular weight excluding hydrogens is 467 g/mol. The number of hydrazone groups is 1. The molecule has 0 unspecified atom stereocenters. The minimum Gasteiger partial charge on any atom is -0.479 e. The van der Waals surface area contributed by atoms with E-state index in [-0.39, 0.29) is 5.82 Å². The first-order valence-electron chi connectivity index (χ1n) is 12.8. The van der Waals surface area contributed by atoms with Crippen LogP contribution in [0.4, 0.5) is 21.7 Å². The van der Waals surface area contributed by atoms with Crippen molar-refractivity contribution in [3.8, 4) is 0 Å². The SMILES string of the molecule is C=C(Nc1ccccc1F)OCCCc1nc(N/N=C/c2cccc(C)c2)cc(N(CCC)CCC)n1. The van der Waals surface area contributed by atoms with E-state index in [9.17, 15) is 4.39 Å². The fourth-order valence-electron chi connectivity index (χ4n) is 3.79. The van der Waals surface area contributed by atoms with E-state index in [1.807, 2.05) is 18.2 Å². The average Bonchev–Trinajstić information content (AvgIpc) is 2.88. The standard InChI is InChI=1S/C29H37FN6O/c1-5-16-36(17-6-2)29-20-28(35-31-21-24-12-9-11-22(3)19-24)33-27(34-29)15-10-18-37-23(4)32-26-14-8-7-13-25(26)30/h7-9,11-14,19-21,32H,4-6,10,15-18H2,1-3H3,(H,33,34,35)/b31-21+. The van der Waals surface area contributed by atoms with Crippen LogP contribution in [-0.2, 0) is 11.2 Å². The van der Waals surface area contributed by atoms with E-state index < -0.39 is 0 Å². The molecule has 3 rings (SSSR count). The lowest BCUT2D eigenvalue weighted by molar-refractivity contribution is 0.214. The van der Waals surface area contributed by atoms with Gasteiger partial charge in [-0.25, -0.2) is 14.4 Å². The Morgan fingerprint density at radius 2 is 1.86 bits per heavy atom. The Balaban J connectivity index is 1.64. The molecule has 0 spiro atoms. The van der Waals surface area contributed by atoms with Crippen LogP contribution in [0.15, 0.2) is 72.2 Å². The lowest BCUT2D eigenvalue weighted by atomic mass is 10.2. The molecule has 0 radical (unpaired) electrons. The molecule has 2 N–H and O–H groups in total. The van der Waals surface area contributed by atoms with Gasteiger partial charge in [0.2, 0.25) is 0 Å². The molecule has 0 bridgehead atoms. The maximum Gasteiger partial charge on any atom is 0.183 e. The maximum atomic E-state index is 13.8. The summed E-state index contributed by atoms with van der Waals surface area (Å²) in [4.78, 5) is 11.8. The Bertz CT molecular complexity index is 1180. The van der Waals surface area contributed by atoms with Crippen molar-refractivity contribution in [2.24, 2.45) is 5.10 Å². The van der Waals surface area contributed by atoms with Gasteiger partial charge in [0, 0.05) is 25.6 Å². The van der Waals surface area contributed by atoms with Crippen molar-refractivity contribution in [2.75, 3.05) is 35.3 Å². The zero-order valence-corrected chi connectivity index (χ0v) is 22.0. The third-order valence-electron chi connectivity index (χ3n) is 5.47. The van der Waals surface area contributed by atoms with E-state index in [1.165, 1.54) is 11.6 Å². The summed E-state index contributed by atoms with van der Waals surface area (Å²) in [5, 5.41) is 7.25. The van der Waals surface area contributed by atoms with Gasteiger partial charge in [0.15, 0.2) is 11.7 Å². The quantitative estimate of drug-likeness (QED) is 0.106. The van der Waals surface area contributed by atoms with Crippen LogP contribution < -0.4 is 15.6 Å². The number of nitrogens with one attached hydrogen (secondary N) is 2. The number of rotatable bonds is 15. The Labute approximate surface area is 219 Å². The molecule has 2 aromatic carbocycles. The minimum absolute atomic E-state index is 0.296. The van der Waals surface area contributed by atoms with E-state index in [4.69, 9.17) is 9.72 Å². The topological polar surface area (TPSA) is 74.7 Å². The van der Waals surface area contributed by atoms with Crippen molar-refractivity contribution in [1.82, 2.24) is 9.97 Å². The van der Waals surface area contributed by atoms with Gasteiger partial charge in [0.05, 0.1) is 18.5 Å². The summed E-state index contributed by atoms with van der Waals surface area (Å²) in [6.45, 7) is 12.4. The van der Waals surface area contributed by atoms with Gasteiger partial charge in [0.1, 0.15) is 17.5 Å². The first kappa shape index (κ1) is 27.6. The van der Waals surface area contributed by atoms with E-state index in [0.717, 1.165) is 37.3 Å². The van der Waals surface area contributed by atoms with Crippen LogP contribution in [0.1, 0.15) is 50.1 Å². The van der Waals surface area contributed by atoms with E-state index >= 15 is 0 Å². The highest BCUT2D eigenvalue weighted by Gasteiger charge is 2.11. The van der Waals surface area contributed by atoms with Crippen LogP contribution in [0, 0.1) is 12.7 Å². The average molecular weight is 505 g/mol. The molecule has 1 aromatic heterocycles. The third kappa shape index (κ3) is 9.22. The lowest BCUT2D eigenvalue weighted by Gasteiger charge is -2.23. The number of aryl methyl sites for hydroxylation is 2. The van der Waals surface area contributed by atoms with E-state index in [1.54, 1.807) is 24.4 Å². The smallest absolute Gasteiger partial charge is 0.183 e. The van der Waals surface area contributed by atoms with Gasteiger partial charge < -0.3 is 15.0 Å². The van der Waals surface area contributed by atoms with Gasteiger partial charge in [-0.1, -0.05) is 55.8 Å². The van der Waals surface area contributed by atoms with Crippen molar-refractivity contribution in [3.63, 3.8) is 0 Å². The largest absolute Gasteiger partial charge is 0.479 e. The normalized spacial score (nSPS) is 10.9. The number of nitrogens with zero attached hydrogens (tertiary/aromatic N) is 4. The molecule has 0 aliphatic heterocycles. The first-order valence-corrected chi connectivity index (χ1v) is 12.8. The second kappa shape index (κ2) is 14.6. The van der Waals surface area contributed by atoms with Crippen molar-refractivity contribution in [3.05, 3.63) is 89.8 Å². The number of hydrogen-bond acceptors (Lipinski definition) is 7. The number of ether oxygens (including phenoxy) is 1. The summed E-state index contributed by atoms with van der Waals surface area (Å²) in [6, 6.07) is 16.5. The van der Waals surface area contributed by atoms with Crippen LogP contribution in [0.2, 0.25) is 0 Å². The summed E-state index contributed by atoms with van der Waals surface area (Å²) >= 11 is 0. The highest BCUT2D eigenvalue weighted by molar-refractivity contribution is 5.80. The van der Waals surface area contributed by atoms with E-state index in [2.05, 4.69) is 65.2 Å². The van der Waals surface area contributed by atoms with Gasteiger partial charge in [-0.3, -0.25) is 5.43 Å². The third-order valence-corrected chi connectivity index (χ3v) is 5.47. The van der Waals surface area contributed by atoms with Gasteiger partial charge in [0.25, 0.3) is 0 Å². The monoisotopic (exact) mass is 504 g/mol. The number of aromatic nitrogens is 2. The fourth-order valence-corrected chi connectivity index (χ4v) is 3.79. The molecule has 3 aromatic rings. The minimum atomic E-state index is -0.355. The number of benzene rings is 2. The Morgan fingerprint density at radius 3 is 2.59 bits per heavy atom. The van der Waals surface area contributed by atoms with Crippen LogP contribution in [0.3, 0.4) is 0 Å². The Kier molecular flexibility index (Phi) is 10.9. The lowest BCUT2D eigenvalue weighted by Crippen LogP contribution is -2.26. The van der Waals surface area contributed by atoms with Crippen LogP contribution in [0.5, 0.6) is 0 Å². The molecule has 7 nitrogen and oxygen atoms in total. The van der Waals surface area contributed by atoms with Crippen LogP contribution in [0.25, 0.3) is 0 Å². The molecule has 196 valence electrons. The zero-order valence-electron chi connectivity index (χ0n) is 22.0. The zero-order chi connectivity index (χ0) is 26.5. The molecule has 0 saturated heterocycles. The molecule has 0 atom stereocenters. The molecule has 37 heavy (non-hydrogen) atoms. The molecule has 0 aliphatic carbocycles. The molecule has 0 aliphatic rings. The van der Waals surface area contributed by atoms with Gasteiger partial charge in [-0.2, -0.15) is 5.10 Å². The van der Waals surface area contributed by atoms with E-state index in [0.29, 0.717) is 42.7 Å². The molecule has 0 saturated carbocycles. The number of hydrogen-bond donors (Lipinski definition) is 2. The van der Waals surface area contributed by atoms with Crippen LogP contribution >= 0.6 is 0 Å². The van der Waals surface area contributed by atoms with Crippen molar-refractivity contribution in [1.29, 1.82) is 0 Å². The summed E-state index contributed by atoms with van der Waals surface area (Å²) in [7, 11) is 0. The number of para-hydroxylation sites is 1. The molecule has 8 heteroatoms. The van der Waals surface area contributed by atoms with Crippen molar-refractivity contribution >= 4 is 23.5 Å². The second-order valence-electron chi connectivity index (χ2n) is 8.78. The molecule has 1 heterocycles. The van der Waals surface area contributed by atoms with Gasteiger partial charge in [-0.15, -0.1) is 0 Å². The number of anilines is 3. The summed E-state index contributed by atoms with van der Waals surface area (Å²) < 4.78 is 19.5. The summed E-state index contributed by atoms with van der Waals surface area (Å²) in [6.07, 6.45) is 5.13. The molecular formula is C29H37FN6O. The van der Waals surface area contributed by atoms with Crippen LogP contribution in [-0.4, -0.2) is 35.9 Å². The predicted octanol–water partition coefficient (Wildman–Crippen LogP) is 6.53. The summed E-state index contributed by atoms with van der Waals surface area (Å²) in [5.41, 5.74) is 5.60. The highest BCUT2D eigenvalue weighted by Crippen LogP contribution is 2.19. The summed E-state index contributed by atoms with van der Waals surface area (Å²) in [5.74, 6) is 2.18. The Morgan fingerprint density at radius 1 is 1.08 bits per heavy atom. The maximum absolute atomic E-state index is 13.8. The molecule has 0 fully saturated rings. The molecule has 0 amide bonds. The van der Waals surface area contributed by atoms with Crippen molar-refractivity contribution in [2.45, 2.75) is 46.5 Å². The fraction of sp³-hybridized carbons (Fsp3) is 0.345.